The second-order valence-electron chi connectivity index (χ2n) is 11.3. The Kier molecular flexibility index (Phi) is 6.90. The molecule has 0 unspecified atom stereocenters. The van der Waals surface area contributed by atoms with E-state index in [0.29, 0.717) is 0 Å². The second kappa shape index (κ2) is 10.9. The summed E-state index contributed by atoms with van der Waals surface area (Å²) in [6.07, 6.45) is 0. The Bertz CT molecular complexity index is 2080. The summed E-state index contributed by atoms with van der Waals surface area (Å²) in [6, 6.07) is 51.8. The summed E-state index contributed by atoms with van der Waals surface area (Å²) in [7, 11) is 0. The minimum atomic E-state index is 0. The third kappa shape index (κ3) is 4.83. The average molecular weight is 727 g/mol. The normalized spacial score (nSPS) is 11.3. The summed E-state index contributed by atoms with van der Waals surface area (Å²) >= 11 is 0. The molecule has 1 aromatic heterocycles. The van der Waals surface area contributed by atoms with Crippen LogP contribution >= 0.6 is 0 Å². The number of nitrogens with zero attached hydrogens (tertiary/aromatic N) is 1. The largest absolute Gasteiger partial charge is 0.296 e. The zero-order valence-corrected chi connectivity index (χ0v) is 26.4. The molecule has 0 saturated carbocycles. The SMILES string of the molecule is Cc1ccc(-c2cc(-c3ccc(C)cc3)cc(-c3cc[c-]c(-c4cc5c6c(cccc6n4)-c4ccccc4-5)c3)c2)cc1.[Ir]. The molecule has 1 nitrogen and oxygen atoms in total. The third-order valence-corrected chi connectivity index (χ3v) is 8.45. The van der Waals surface area contributed by atoms with Crippen LogP contribution in [0.1, 0.15) is 11.1 Å². The summed E-state index contributed by atoms with van der Waals surface area (Å²) in [6.45, 7) is 4.26. The summed E-state index contributed by atoms with van der Waals surface area (Å²) < 4.78 is 0. The fourth-order valence-electron chi connectivity index (χ4n) is 6.23. The van der Waals surface area contributed by atoms with Crippen LogP contribution in [0.5, 0.6) is 0 Å². The Morgan fingerprint density at radius 2 is 1.02 bits per heavy atom. The van der Waals surface area contributed by atoms with Crippen LogP contribution in [-0.4, -0.2) is 4.98 Å². The molecule has 0 atom stereocenters. The van der Waals surface area contributed by atoms with Crippen LogP contribution in [0, 0.1) is 19.9 Å². The van der Waals surface area contributed by atoms with E-state index >= 15 is 0 Å². The smallest absolute Gasteiger partial charge is 0.0607 e. The fraction of sp³-hybridized carbons (Fsp3) is 0.0488. The first kappa shape index (κ1) is 27.2. The third-order valence-electron chi connectivity index (χ3n) is 8.45. The van der Waals surface area contributed by atoms with Gasteiger partial charge in [0.15, 0.2) is 0 Å². The molecule has 0 aliphatic heterocycles. The van der Waals surface area contributed by atoms with E-state index < -0.39 is 0 Å². The van der Waals surface area contributed by atoms with Crippen molar-refractivity contribution in [1.29, 1.82) is 0 Å². The van der Waals surface area contributed by atoms with Gasteiger partial charge in [0, 0.05) is 25.5 Å². The molecular weight excluding hydrogens is 699 g/mol. The zero-order chi connectivity index (χ0) is 28.2. The Balaban J connectivity index is 0.00000300. The van der Waals surface area contributed by atoms with Crippen molar-refractivity contribution in [3.63, 3.8) is 0 Å². The molecule has 7 aromatic rings. The fourth-order valence-corrected chi connectivity index (χ4v) is 6.23. The maximum atomic E-state index is 5.14. The number of pyridine rings is 1. The number of hydrogen-bond acceptors (Lipinski definition) is 1. The summed E-state index contributed by atoms with van der Waals surface area (Å²) in [5, 5.41) is 1.24. The van der Waals surface area contributed by atoms with Crippen molar-refractivity contribution in [2.45, 2.75) is 13.8 Å². The molecule has 0 fully saturated rings. The van der Waals surface area contributed by atoms with Gasteiger partial charge in [0.05, 0.1) is 5.52 Å². The minimum absolute atomic E-state index is 0. The first-order chi connectivity index (χ1) is 20.6. The molecule has 0 N–H and O–H groups in total. The van der Waals surface area contributed by atoms with Crippen molar-refractivity contribution in [1.82, 2.24) is 4.98 Å². The molecule has 0 amide bonds. The summed E-state index contributed by atoms with van der Waals surface area (Å²) in [5.74, 6) is 0. The molecule has 1 heterocycles. The van der Waals surface area contributed by atoms with Crippen LogP contribution in [-0.2, 0) is 20.1 Å². The van der Waals surface area contributed by atoms with Gasteiger partial charge in [-0.25, -0.2) is 0 Å². The molecule has 0 spiro atoms. The Morgan fingerprint density at radius 1 is 0.465 bits per heavy atom. The molecule has 1 radical (unpaired) electrons. The topological polar surface area (TPSA) is 12.9 Å². The molecule has 2 heteroatoms. The average Bonchev–Trinajstić information content (AvgIpc) is 3.36. The number of rotatable bonds is 4. The molecule has 1 aliphatic rings. The molecule has 0 saturated heterocycles. The van der Waals surface area contributed by atoms with Gasteiger partial charge in [0.2, 0.25) is 0 Å². The van der Waals surface area contributed by atoms with Crippen LogP contribution in [0.3, 0.4) is 0 Å². The Labute approximate surface area is 266 Å². The van der Waals surface area contributed by atoms with Crippen molar-refractivity contribution < 1.29 is 20.1 Å². The van der Waals surface area contributed by atoms with E-state index in [1.807, 2.05) is 6.07 Å². The van der Waals surface area contributed by atoms with Gasteiger partial charge in [0.25, 0.3) is 0 Å². The monoisotopic (exact) mass is 727 g/mol. The quantitative estimate of drug-likeness (QED) is 0.165. The van der Waals surface area contributed by atoms with E-state index in [9.17, 15) is 0 Å². The van der Waals surface area contributed by atoms with Gasteiger partial charge in [-0.3, -0.25) is 4.98 Å². The van der Waals surface area contributed by atoms with Crippen molar-refractivity contribution >= 4 is 10.9 Å². The van der Waals surface area contributed by atoms with Gasteiger partial charge in [-0.05, 0) is 93.9 Å². The molecule has 0 bridgehead atoms. The minimum Gasteiger partial charge on any atom is -0.296 e. The predicted molar refractivity (Wildman–Crippen MR) is 176 cm³/mol. The van der Waals surface area contributed by atoms with Crippen LogP contribution < -0.4 is 0 Å². The predicted octanol–water partition coefficient (Wildman–Crippen LogP) is 11.0. The van der Waals surface area contributed by atoms with E-state index in [1.54, 1.807) is 0 Å². The van der Waals surface area contributed by atoms with E-state index in [-0.39, 0.29) is 20.1 Å². The molecule has 1 aliphatic carbocycles. The van der Waals surface area contributed by atoms with Gasteiger partial charge in [-0.1, -0.05) is 102 Å². The van der Waals surface area contributed by atoms with Crippen molar-refractivity contribution in [3.8, 4) is 66.9 Å². The van der Waals surface area contributed by atoms with Crippen LogP contribution in [0.4, 0.5) is 0 Å². The number of benzene rings is 6. The standard InChI is InChI=1S/C41H28N.Ir/c1-26-13-17-28(18-14-26)32-22-33(29-19-15-27(2)16-20-29)24-34(23-32)30-7-5-8-31(21-30)40-25-38-36-10-4-3-9-35(36)37-11-6-12-39(42-40)41(37)38;/h3-7,9-25H,1-2H3;/q-1;. The molecule has 207 valence electrons. The molecule has 43 heavy (non-hydrogen) atoms. The van der Waals surface area contributed by atoms with Gasteiger partial charge in [-0.2, -0.15) is 0 Å². The maximum Gasteiger partial charge on any atom is 0.0607 e. The Morgan fingerprint density at radius 3 is 1.65 bits per heavy atom. The summed E-state index contributed by atoms with van der Waals surface area (Å²) in [5.41, 5.74) is 17.7. The van der Waals surface area contributed by atoms with E-state index in [2.05, 4.69) is 147 Å². The first-order valence-corrected chi connectivity index (χ1v) is 14.5. The van der Waals surface area contributed by atoms with E-state index in [4.69, 9.17) is 4.98 Å². The number of aryl methyl sites for hydroxylation is 2. The number of fused-ring (bicyclic) bond motifs is 3. The van der Waals surface area contributed by atoms with E-state index in [0.717, 1.165) is 22.3 Å². The van der Waals surface area contributed by atoms with Crippen LogP contribution in [0.15, 0.2) is 133 Å². The second-order valence-corrected chi connectivity index (χ2v) is 11.3. The zero-order valence-electron chi connectivity index (χ0n) is 24.0. The van der Waals surface area contributed by atoms with E-state index in [1.165, 1.54) is 66.6 Å². The first-order valence-electron chi connectivity index (χ1n) is 14.5. The van der Waals surface area contributed by atoms with Crippen LogP contribution in [0.2, 0.25) is 0 Å². The van der Waals surface area contributed by atoms with Gasteiger partial charge in [-0.15, -0.1) is 35.4 Å². The number of aromatic nitrogens is 1. The van der Waals surface area contributed by atoms with Gasteiger partial charge >= 0.3 is 0 Å². The van der Waals surface area contributed by atoms with Gasteiger partial charge in [0.1, 0.15) is 0 Å². The number of hydrogen-bond donors (Lipinski definition) is 0. The summed E-state index contributed by atoms with van der Waals surface area (Å²) in [4.78, 5) is 5.14. The van der Waals surface area contributed by atoms with Crippen molar-refractivity contribution in [2.75, 3.05) is 0 Å². The maximum absolute atomic E-state index is 5.14. The van der Waals surface area contributed by atoms with Crippen LogP contribution in [0.25, 0.3) is 77.8 Å². The van der Waals surface area contributed by atoms with Gasteiger partial charge < -0.3 is 0 Å². The molecule has 6 aromatic carbocycles. The van der Waals surface area contributed by atoms with Crippen molar-refractivity contribution in [3.05, 3.63) is 151 Å². The van der Waals surface area contributed by atoms with Crippen molar-refractivity contribution in [2.24, 2.45) is 0 Å². The Hall–Kier alpha value is -4.62. The molecular formula is C41H28IrN-. The molecule has 8 rings (SSSR count).